The number of aliphatic hydroxyl groups is 1. The van der Waals surface area contributed by atoms with Crippen molar-refractivity contribution in [3.8, 4) is 0 Å². The fraction of sp³-hybridized carbons (Fsp3) is 0.214. The molecule has 2 heterocycles. The van der Waals surface area contributed by atoms with Crippen LogP contribution >= 0.6 is 23.1 Å². The zero-order valence-corrected chi connectivity index (χ0v) is 13.6. The van der Waals surface area contributed by atoms with E-state index in [9.17, 15) is 13.9 Å². The van der Waals surface area contributed by atoms with E-state index < -0.39 is 17.7 Å². The second-order valence-electron chi connectivity index (χ2n) is 4.59. The smallest absolute Gasteiger partial charge is 0.176 e. The summed E-state index contributed by atoms with van der Waals surface area (Å²) >= 11 is 2.90. The number of halogens is 2. The Bertz CT molecular complexity index is 823. The van der Waals surface area contributed by atoms with Crippen molar-refractivity contribution in [1.29, 1.82) is 0 Å². The van der Waals surface area contributed by atoms with Crippen molar-refractivity contribution < 1.29 is 13.9 Å². The molecule has 1 unspecified atom stereocenters. The first-order chi connectivity index (χ1) is 11.1. The fourth-order valence-corrected chi connectivity index (χ4v) is 3.55. The van der Waals surface area contributed by atoms with E-state index in [0.717, 1.165) is 21.2 Å². The molecule has 0 saturated heterocycles. The first-order valence-electron chi connectivity index (χ1n) is 6.61. The molecular weight excluding hydrogens is 342 g/mol. The quantitative estimate of drug-likeness (QED) is 0.686. The number of anilines is 1. The minimum Gasteiger partial charge on any atom is -0.386 e. The number of fused-ring (bicyclic) bond motifs is 1. The lowest BCUT2D eigenvalue weighted by Gasteiger charge is -2.14. The van der Waals surface area contributed by atoms with Crippen LogP contribution in [-0.4, -0.2) is 32.9 Å². The summed E-state index contributed by atoms with van der Waals surface area (Å²) < 4.78 is 28.9. The van der Waals surface area contributed by atoms with Gasteiger partial charge in [-0.15, -0.1) is 11.3 Å². The number of nitrogens with one attached hydrogen (secondary N) is 1. The van der Waals surface area contributed by atoms with Gasteiger partial charge in [-0.25, -0.2) is 23.7 Å². The van der Waals surface area contributed by atoms with Crippen LogP contribution < -0.4 is 5.32 Å². The van der Waals surface area contributed by atoms with Crippen molar-refractivity contribution in [2.45, 2.75) is 10.4 Å². The maximum Gasteiger partial charge on any atom is 0.176 e. The van der Waals surface area contributed by atoms with Gasteiger partial charge in [-0.3, -0.25) is 0 Å². The normalized spacial score (nSPS) is 12.5. The molecule has 0 bridgehead atoms. The second-order valence-corrected chi connectivity index (χ2v) is 6.64. The number of thiazole rings is 1. The molecule has 0 fully saturated rings. The molecule has 23 heavy (non-hydrogen) atoms. The Balaban J connectivity index is 1.82. The minimum absolute atomic E-state index is 0.0868. The van der Waals surface area contributed by atoms with Gasteiger partial charge in [0.25, 0.3) is 0 Å². The summed E-state index contributed by atoms with van der Waals surface area (Å²) in [6.45, 7) is -0.0868. The molecule has 0 aliphatic carbocycles. The van der Waals surface area contributed by atoms with Crippen molar-refractivity contribution in [3.63, 3.8) is 0 Å². The van der Waals surface area contributed by atoms with Crippen LogP contribution in [0, 0.1) is 11.6 Å². The average Bonchev–Trinajstić information content (AvgIpc) is 2.96. The predicted molar refractivity (Wildman–Crippen MR) is 86.8 cm³/mol. The molecule has 120 valence electrons. The Morgan fingerprint density at radius 1 is 1.30 bits per heavy atom. The maximum absolute atomic E-state index is 13.7. The summed E-state index contributed by atoms with van der Waals surface area (Å²) in [5, 5.41) is 13.0. The van der Waals surface area contributed by atoms with Crippen LogP contribution in [0.15, 0.2) is 28.9 Å². The topological polar surface area (TPSA) is 70.9 Å². The Morgan fingerprint density at radius 3 is 2.74 bits per heavy atom. The van der Waals surface area contributed by atoms with Crippen LogP contribution in [0.3, 0.4) is 0 Å². The van der Waals surface area contributed by atoms with E-state index in [1.807, 2.05) is 6.26 Å². The van der Waals surface area contributed by atoms with Crippen molar-refractivity contribution in [2.24, 2.45) is 0 Å². The molecule has 0 spiro atoms. The molecule has 1 aromatic carbocycles. The maximum atomic E-state index is 13.7. The Labute approximate surface area is 138 Å². The summed E-state index contributed by atoms with van der Waals surface area (Å²) in [7, 11) is 0. The Morgan fingerprint density at radius 2 is 2.04 bits per heavy atom. The molecule has 0 aliphatic rings. The lowest BCUT2D eigenvalue weighted by molar-refractivity contribution is 0.181. The van der Waals surface area contributed by atoms with Gasteiger partial charge in [0.15, 0.2) is 9.99 Å². The van der Waals surface area contributed by atoms with Gasteiger partial charge in [-0.05, 0) is 18.4 Å². The number of rotatable bonds is 5. The SMILES string of the molecule is CSc1nc2ncnc(NCC(O)c3c(F)cccc3F)c2s1. The monoisotopic (exact) mass is 354 g/mol. The van der Waals surface area contributed by atoms with Crippen LogP contribution in [-0.2, 0) is 0 Å². The number of hydrogen-bond acceptors (Lipinski definition) is 7. The average molecular weight is 354 g/mol. The molecule has 0 radical (unpaired) electrons. The molecule has 3 rings (SSSR count). The van der Waals surface area contributed by atoms with Crippen molar-refractivity contribution in [2.75, 3.05) is 18.1 Å². The fourth-order valence-electron chi connectivity index (χ4n) is 2.07. The molecule has 0 amide bonds. The van der Waals surface area contributed by atoms with Gasteiger partial charge in [0.05, 0.1) is 5.56 Å². The third-order valence-electron chi connectivity index (χ3n) is 3.14. The zero-order chi connectivity index (χ0) is 16.4. The Kier molecular flexibility index (Phi) is 4.69. The third-order valence-corrected chi connectivity index (χ3v) is 5.18. The number of hydrogen-bond donors (Lipinski definition) is 2. The predicted octanol–water partition coefficient (Wildman–Crippen LogP) is 3.23. The second kappa shape index (κ2) is 6.73. The van der Waals surface area contributed by atoms with Gasteiger partial charge in [0.2, 0.25) is 0 Å². The number of benzene rings is 1. The van der Waals surface area contributed by atoms with Gasteiger partial charge >= 0.3 is 0 Å². The molecule has 3 aromatic rings. The Hall–Kier alpha value is -1.84. The van der Waals surface area contributed by atoms with Gasteiger partial charge in [-0.2, -0.15) is 0 Å². The number of aromatic nitrogens is 3. The molecule has 1 atom stereocenters. The van der Waals surface area contributed by atoms with E-state index in [1.165, 1.54) is 35.5 Å². The first kappa shape index (κ1) is 16.0. The van der Waals surface area contributed by atoms with Crippen molar-refractivity contribution >= 4 is 39.3 Å². The van der Waals surface area contributed by atoms with Gasteiger partial charge in [0.1, 0.15) is 34.6 Å². The standard InChI is InChI=1S/C14H12F2N4OS2/c1-22-14-20-13-11(23-14)12(18-6-19-13)17-5-9(21)10-7(15)3-2-4-8(10)16/h2-4,6,9,21H,5H2,1H3,(H,17,18,19). The zero-order valence-electron chi connectivity index (χ0n) is 12.0. The van der Waals surface area contributed by atoms with Crippen molar-refractivity contribution in [3.05, 3.63) is 41.7 Å². The van der Waals surface area contributed by atoms with Gasteiger partial charge < -0.3 is 10.4 Å². The highest BCUT2D eigenvalue weighted by Crippen LogP contribution is 2.31. The molecule has 0 saturated carbocycles. The van der Waals surface area contributed by atoms with Gasteiger partial charge in [0, 0.05) is 6.54 Å². The van der Waals surface area contributed by atoms with E-state index in [0.29, 0.717) is 11.5 Å². The molecular formula is C14H12F2N4OS2. The lowest BCUT2D eigenvalue weighted by Crippen LogP contribution is -2.15. The number of nitrogens with zero attached hydrogens (tertiary/aromatic N) is 3. The third kappa shape index (κ3) is 3.26. The van der Waals surface area contributed by atoms with E-state index in [-0.39, 0.29) is 12.1 Å². The number of aliphatic hydroxyl groups excluding tert-OH is 1. The van der Waals surface area contributed by atoms with Gasteiger partial charge in [-0.1, -0.05) is 17.8 Å². The van der Waals surface area contributed by atoms with E-state index in [4.69, 9.17) is 0 Å². The van der Waals surface area contributed by atoms with Crippen LogP contribution in [0.5, 0.6) is 0 Å². The largest absolute Gasteiger partial charge is 0.386 e. The lowest BCUT2D eigenvalue weighted by atomic mass is 10.1. The molecule has 9 heteroatoms. The highest BCUT2D eigenvalue weighted by molar-refractivity contribution is 8.00. The first-order valence-corrected chi connectivity index (χ1v) is 8.65. The summed E-state index contributed by atoms with van der Waals surface area (Å²) in [4.78, 5) is 12.5. The summed E-state index contributed by atoms with van der Waals surface area (Å²) in [5.74, 6) is -1.09. The van der Waals surface area contributed by atoms with Crippen molar-refractivity contribution in [1.82, 2.24) is 15.0 Å². The van der Waals surface area contributed by atoms with E-state index in [2.05, 4.69) is 20.3 Å². The van der Waals surface area contributed by atoms with Crippen LogP contribution in [0.1, 0.15) is 11.7 Å². The number of thioether (sulfide) groups is 1. The minimum atomic E-state index is -1.34. The summed E-state index contributed by atoms with van der Waals surface area (Å²) in [5.41, 5.74) is 0.183. The van der Waals surface area contributed by atoms with E-state index in [1.54, 1.807) is 0 Å². The highest BCUT2D eigenvalue weighted by Gasteiger charge is 2.18. The molecule has 2 aromatic heterocycles. The molecule has 2 N–H and O–H groups in total. The summed E-state index contributed by atoms with van der Waals surface area (Å²) in [6, 6.07) is 3.47. The highest BCUT2D eigenvalue weighted by atomic mass is 32.2. The summed E-state index contributed by atoms with van der Waals surface area (Å²) in [6.07, 6.45) is 1.92. The molecule has 0 aliphatic heterocycles. The van der Waals surface area contributed by atoms with Crippen LogP contribution in [0.25, 0.3) is 10.3 Å². The molecule has 5 nitrogen and oxygen atoms in total. The van der Waals surface area contributed by atoms with Crippen LogP contribution in [0.2, 0.25) is 0 Å². The van der Waals surface area contributed by atoms with Crippen LogP contribution in [0.4, 0.5) is 14.6 Å². The van der Waals surface area contributed by atoms with E-state index >= 15 is 0 Å².